The third kappa shape index (κ3) is 4.17. The average Bonchev–Trinajstić information content (AvgIpc) is 2.66. The Hall–Kier alpha value is -2.73. The fourth-order valence-electron chi connectivity index (χ4n) is 4.46. The normalized spacial score (nSPS) is 20.5. The van der Waals surface area contributed by atoms with Crippen LogP contribution in [0.2, 0.25) is 0 Å². The second-order valence-corrected chi connectivity index (χ2v) is 8.63. The third-order valence-corrected chi connectivity index (χ3v) is 5.80. The number of nitrogens with one attached hydrogen (secondary N) is 1. The molecule has 0 amide bonds. The van der Waals surface area contributed by atoms with Crippen LogP contribution in [0.15, 0.2) is 36.4 Å². The van der Waals surface area contributed by atoms with Crippen LogP contribution < -0.4 is 15.0 Å². The zero-order valence-electron chi connectivity index (χ0n) is 17.2. The van der Waals surface area contributed by atoms with E-state index in [0.717, 1.165) is 44.0 Å². The van der Waals surface area contributed by atoms with Crippen molar-refractivity contribution in [2.75, 3.05) is 36.5 Å². The predicted molar refractivity (Wildman–Crippen MR) is 113 cm³/mol. The van der Waals surface area contributed by atoms with Crippen molar-refractivity contribution >= 4 is 17.5 Å². The molecule has 1 atom stereocenters. The molecule has 0 radical (unpaired) electrons. The molecule has 2 aromatic rings. The van der Waals surface area contributed by atoms with Gasteiger partial charge in [-0.1, -0.05) is 19.9 Å². The van der Waals surface area contributed by atoms with Gasteiger partial charge in [0, 0.05) is 24.5 Å². The fraction of sp³-hybridized carbons (Fsp3) is 0.435. The summed E-state index contributed by atoms with van der Waals surface area (Å²) in [5.74, 6) is 0.359. The van der Waals surface area contributed by atoms with Crippen molar-refractivity contribution in [3.05, 3.63) is 53.1 Å². The van der Waals surface area contributed by atoms with E-state index < -0.39 is 6.16 Å². The molecule has 2 N–H and O–H groups in total. The van der Waals surface area contributed by atoms with E-state index in [1.807, 2.05) is 12.1 Å². The summed E-state index contributed by atoms with van der Waals surface area (Å²) in [6.07, 6.45) is -0.460. The number of fused-ring (bicyclic) bond motifs is 1. The van der Waals surface area contributed by atoms with Gasteiger partial charge < -0.3 is 24.8 Å². The second-order valence-electron chi connectivity index (χ2n) is 8.63. The maximum atomic E-state index is 10.8. The van der Waals surface area contributed by atoms with E-state index in [4.69, 9.17) is 14.6 Å². The molecule has 0 saturated carbocycles. The van der Waals surface area contributed by atoms with Crippen molar-refractivity contribution in [3.8, 4) is 5.75 Å². The number of anilines is 2. The first-order chi connectivity index (χ1) is 13.8. The maximum absolute atomic E-state index is 10.8. The molecule has 0 bridgehead atoms. The van der Waals surface area contributed by atoms with Crippen LogP contribution in [-0.2, 0) is 11.2 Å². The van der Waals surface area contributed by atoms with Crippen LogP contribution in [0.4, 0.5) is 16.2 Å². The Morgan fingerprint density at radius 3 is 2.69 bits per heavy atom. The zero-order valence-corrected chi connectivity index (χ0v) is 17.2. The topological polar surface area (TPSA) is 71.0 Å². The lowest BCUT2D eigenvalue weighted by Gasteiger charge is -2.42. The molecule has 0 spiro atoms. The molecule has 2 aromatic carbocycles. The first-order valence-electron chi connectivity index (χ1n) is 10.1. The second kappa shape index (κ2) is 7.59. The number of benzene rings is 2. The van der Waals surface area contributed by atoms with Crippen molar-refractivity contribution < 1.29 is 19.4 Å². The fourth-order valence-corrected chi connectivity index (χ4v) is 4.46. The van der Waals surface area contributed by atoms with Crippen LogP contribution in [0.5, 0.6) is 5.75 Å². The highest BCUT2D eigenvalue weighted by Crippen LogP contribution is 2.46. The molecule has 1 fully saturated rings. The first kappa shape index (κ1) is 19.6. The molecule has 2 aliphatic heterocycles. The Morgan fingerprint density at radius 1 is 1.21 bits per heavy atom. The minimum atomic E-state index is -1.29. The summed E-state index contributed by atoms with van der Waals surface area (Å²) >= 11 is 0. The molecule has 0 aliphatic carbocycles. The molecular weight excluding hydrogens is 368 g/mol. The molecule has 2 aliphatic rings. The Labute approximate surface area is 171 Å². The smallest absolute Gasteiger partial charge is 0.449 e. The van der Waals surface area contributed by atoms with Crippen molar-refractivity contribution in [1.82, 2.24) is 0 Å². The van der Waals surface area contributed by atoms with E-state index in [1.54, 1.807) is 6.07 Å². The first-order valence-corrected chi connectivity index (χ1v) is 10.1. The number of ether oxygens (including phenoxy) is 2. The lowest BCUT2D eigenvalue weighted by Crippen LogP contribution is -2.37. The van der Waals surface area contributed by atoms with Crippen molar-refractivity contribution in [1.29, 1.82) is 0 Å². The number of carboxylic acid groups (broad SMARTS) is 1. The molecule has 1 saturated heterocycles. The van der Waals surface area contributed by atoms with E-state index in [9.17, 15) is 4.79 Å². The molecule has 154 valence electrons. The molecule has 1 unspecified atom stereocenters. The molecule has 0 aromatic heterocycles. The molecule has 2 heterocycles. The number of hydrogen-bond acceptors (Lipinski definition) is 5. The van der Waals surface area contributed by atoms with Gasteiger partial charge in [-0.15, -0.1) is 0 Å². The van der Waals surface area contributed by atoms with Gasteiger partial charge in [-0.05, 0) is 65.8 Å². The highest BCUT2D eigenvalue weighted by molar-refractivity contribution is 5.64. The van der Waals surface area contributed by atoms with Crippen molar-refractivity contribution in [2.24, 2.45) is 5.41 Å². The number of carbonyl (C=O) groups is 1. The van der Waals surface area contributed by atoms with Crippen LogP contribution in [0.1, 0.15) is 36.6 Å². The molecule has 4 rings (SSSR count). The largest absolute Gasteiger partial charge is 0.511 e. The van der Waals surface area contributed by atoms with Crippen LogP contribution in [0, 0.1) is 12.3 Å². The zero-order chi connectivity index (χ0) is 20.6. The Balaban J connectivity index is 1.65. The Morgan fingerprint density at radius 2 is 1.97 bits per heavy atom. The monoisotopic (exact) mass is 396 g/mol. The summed E-state index contributed by atoms with van der Waals surface area (Å²) in [4.78, 5) is 13.2. The Bertz CT molecular complexity index is 919. The Kier molecular flexibility index (Phi) is 5.13. The van der Waals surface area contributed by atoms with Gasteiger partial charge in [-0.25, -0.2) is 4.79 Å². The van der Waals surface area contributed by atoms with E-state index in [1.165, 1.54) is 16.8 Å². The summed E-state index contributed by atoms with van der Waals surface area (Å²) < 4.78 is 10.3. The molecule has 6 nitrogen and oxygen atoms in total. The van der Waals surface area contributed by atoms with Gasteiger partial charge in [0.25, 0.3) is 0 Å². The van der Waals surface area contributed by atoms with Crippen molar-refractivity contribution in [3.63, 3.8) is 0 Å². The predicted octanol–water partition coefficient (Wildman–Crippen LogP) is 4.62. The van der Waals surface area contributed by atoms with Crippen LogP contribution >= 0.6 is 0 Å². The molecular formula is C23H28N2O4. The van der Waals surface area contributed by atoms with Crippen LogP contribution in [-0.4, -0.2) is 37.6 Å². The van der Waals surface area contributed by atoms with Gasteiger partial charge in [-0.2, -0.15) is 0 Å². The number of aryl methyl sites for hydroxylation is 1. The van der Waals surface area contributed by atoms with Crippen LogP contribution in [0.25, 0.3) is 0 Å². The van der Waals surface area contributed by atoms with E-state index in [-0.39, 0.29) is 11.5 Å². The van der Waals surface area contributed by atoms with Crippen molar-refractivity contribution in [2.45, 2.75) is 33.2 Å². The number of nitrogens with zero attached hydrogens (tertiary/aromatic N) is 1. The minimum Gasteiger partial charge on any atom is -0.449 e. The van der Waals surface area contributed by atoms with E-state index >= 15 is 0 Å². The van der Waals surface area contributed by atoms with Gasteiger partial charge in [0.15, 0.2) is 0 Å². The summed E-state index contributed by atoms with van der Waals surface area (Å²) in [7, 11) is 0. The molecule has 29 heavy (non-hydrogen) atoms. The lowest BCUT2D eigenvalue weighted by atomic mass is 9.72. The maximum Gasteiger partial charge on any atom is 0.511 e. The lowest BCUT2D eigenvalue weighted by molar-refractivity contribution is 0.122. The summed E-state index contributed by atoms with van der Waals surface area (Å²) in [6.45, 7) is 10.0. The SMILES string of the molecule is Cc1cc(C2Nc3ccc(OC(=O)O)cc3CC2(C)C)cc(N2CCOCC2)c1. The van der Waals surface area contributed by atoms with Gasteiger partial charge in [0.1, 0.15) is 5.75 Å². The van der Waals surface area contributed by atoms with Gasteiger partial charge in [0.05, 0.1) is 19.3 Å². The highest BCUT2D eigenvalue weighted by Gasteiger charge is 2.36. The highest BCUT2D eigenvalue weighted by atomic mass is 16.7. The van der Waals surface area contributed by atoms with Gasteiger partial charge >= 0.3 is 6.16 Å². The number of morpholine rings is 1. The quantitative estimate of drug-likeness (QED) is 0.583. The number of hydrogen-bond donors (Lipinski definition) is 2. The minimum absolute atomic E-state index is 0.0507. The van der Waals surface area contributed by atoms with Gasteiger partial charge in [0.2, 0.25) is 0 Å². The van der Waals surface area contributed by atoms with E-state index in [0.29, 0.717) is 5.75 Å². The summed E-state index contributed by atoms with van der Waals surface area (Å²) in [6, 6.07) is 12.4. The molecule has 6 heteroatoms. The number of rotatable bonds is 3. The third-order valence-electron chi connectivity index (χ3n) is 5.80. The van der Waals surface area contributed by atoms with Crippen LogP contribution in [0.3, 0.4) is 0 Å². The summed E-state index contributed by atoms with van der Waals surface area (Å²) in [5.41, 5.74) is 5.82. The summed E-state index contributed by atoms with van der Waals surface area (Å²) in [5, 5.41) is 12.6. The standard InChI is InChI=1S/C23H28N2O4/c1-15-10-16(12-18(11-15)25-6-8-28-9-7-25)21-23(2,3)14-17-13-19(29-22(26)27)4-5-20(17)24-21/h4-5,10-13,21,24H,6-9,14H2,1-3H3,(H,26,27). The average molecular weight is 396 g/mol. The van der Waals surface area contributed by atoms with Gasteiger partial charge in [-0.3, -0.25) is 0 Å². The van der Waals surface area contributed by atoms with E-state index in [2.05, 4.69) is 49.2 Å².